The second-order valence-electron chi connectivity index (χ2n) is 3.73. The zero-order valence-electron chi connectivity index (χ0n) is 9.10. The van der Waals surface area contributed by atoms with E-state index in [4.69, 9.17) is 20.4 Å². The lowest BCUT2D eigenvalue weighted by Gasteiger charge is -2.26. The van der Waals surface area contributed by atoms with E-state index in [1.165, 1.54) is 6.07 Å². The summed E-state index contributed by atoms with van der Waals surface area (Å²) in [6.45, 7) is 1.23. The summed E-state index contributed by atoms with van der Waals surface area (Å²) in [7, 11) is 0. The number of hydrogen-bond acceptors (Lipinski definition) is 4. The summed E-state index contributed by atoms with van der Waals surface area (Å²) < 4.78 is 24.2. The Hall–Kier alpha value is -1.66. The Morgan fingerprint density at radius 2 is 2.35 bits per heavy atom. The number of benzene rings is 1. The van der Waals surface area contributed by atoms with Crippen molar-refractivity contribution in [3.05, 3.63) is 35.1 Å². The van der Waals surface area contributed by atoms with Gasteiger partial charge in [0, 0.05) is 5.56 Å². The van der Waals surface area contributed by atoms with E-state index in [0.717, 1.165) is 0 Å². The van der Waals surface area contributed by atoms with Gasteiger partial charge in [-0.15, -0.1) is 0 Å². The maximum absolute atomic E-state index is 13.9. The Morgan fingerprint density at radius 3 is 2.94 bits per heavy atom. The van der Waals surface area contributed by atoms with Crippen molar-refractivity contribution in [1.29, 1.82) is 0 Å². The molecule has 0 bridgehead atoms. The van der Waals surface area contributed by atoms with Crippen LogP contribution in [0, 0.1) is 5.82 Å². The highest BCUT2D eigenvalue weighted by molar-refractivity contribution is 5.97. The highest BCUT2D eigenvalue weighted by atomic mass is 19.1. The molecule has 0 radical (unpaired) electrons. The van der Waals surface area contributed by atoms with E-state index in [-0.39, 0.29) is 24.1 Å². The van der Waals surface area contributed by atoms with Crippen LogP contribution in [0.25, 0.3) is 0 Å². The summed E-state index contributed by atoms with van der Waals surface area (Å²) in [4.78, 5) is 0. The zero-order valence-corrected chi connectivity index (χ0v) is 9.10. The molecule has 1 heterocycles. The van der Waals surface area contributed by atoms with Crippen LogP contribution < -0.4 is 5.73 Å². The van der Waals surface area contributed by atoms with Crippen LogP contribution in [-0.4, -0.2) is 30.4 Å². The fourth-order valence-corrected chi connectivity index (χ4v) is 1.46. The van der Waals surface area contributed by atoms with Gasteiger partial charge in [-0.3, -0.25) is 0 Å². The third kappa shape index (κ3) is 2.54. The van der Waals surface area contributed by atoms with Gasteiger partial charge in [0.2, 0.25) is 0 Å². The van der Waals surface area contributed by atoms with Crippen LogP contribution in [0.4, 0.5) is 4.39 Å². The smallest absolute Gasteiger partial charge is 0.173 e. The molecule has 6 heteroatoms. The second-order valence-corrected chi connectivity index (χ2v) is 3.73. The van der Waals surface area contributed by atoms with Gasteiger partial charge in [-0.1, -0.05) is 17.3 Å². The first-order valence-corrected chi connectivity index (χ1v) is 5.17. The van der Waals surface area contributed by atoms with E-state index < -0.39 is 5.82 Å². The molecule has 5 nitrogen and oxygen atoms in total. The Bertz CT molecular complexity index is 433. The van der Waals surface area contributed by atoms with Crippen LogP contribution in [0.15, 0.2) is 23.4 Å². The third-order valence-corrected chi connectivity index (χ3v) is 2.54. The lowest BCUT2D eigenvalue weighted by atomic mass is 10.1. The minimum Gasteiger partial charge on any atom is -0.409 e. The van der Waals surface area contributed by atoms with Crippen LogP contribution in [0.5, 0.6) is 0 Å². The first kappa shape index (κ1) is 11.8. The maximum Gasteiger partial charge on any atom is 0.173 e. The topological polar surface area (TPSA) is 77.1 Å². The first-order valence-electron chi connectivity index (χ1n) is 5.17. The van der Waals surface area contributed by atoms with Gasteiger partial charge in [0.05, 0.1) is 25.4 Å². The Kier molecular flexibility index (Phi) is 3.55. The fraction of sp³-hybridized carbons (Fsp3) is 0.364. The molecule has 0 unspecified atom stereocenters. The number of hydrogen-bond donors (Lipinski definition) is 2. The first-order chi connectivity index (χ1) is 8.22. The normalized spacial score (nSPS) is 16.9. The zero-order chi connectivity index (χ0) is 12.3. The molecule has 1 aliphatic heterocycles. The van der Waals surface area contributed by atoms with Gasteiger partial charge in [-0.05, 0) is 6.07 Å². The van der Waals surface area contributed by atoms with Crippen molar-refractivity contribution < 1.29 is 19.1 Å². The van der Waals surface area contributed by atoms with Crippen molar-refractivity contribution in [3.8, 4) is 0 Å². The SMILES string of the molecule is N/C(=N/O)c1cccc(COC2COC2)c1F. The molecule has 0 amide bonds. The third-order valence-electron chi connectivity index (χ3n) is 2.54. The number of ether oxygens (including phenoxy) is 2. The Morgan fingerprint density at radius 1 is 1.59 bits per heavy atom. The minimum atomic E-state index is -0.525. The number of rotatable bonds is 4. The van der Waals surface area contributed by atoms with Crippen molar-refractivity contribution in [1.82, 2.24) is 0 Å². The van der Waals surface area contributed by atoms with E-state index in [2.05, 4.69) is 5.16 Å². The molecule has 1 aromatic carbocycles. The van der Waals surface area contributed by atoms with Gasteiger partial charge < -0.3 is 20.4 Å². The van der Waals surface area contributed by atoms with Crippen molar-refractivity contribution in [2.75, 3.05) is 13.2 Å². The molecule has 0 atom stereocenters. The number of oxime groups is 1. The lowest BCUT2D eigenvalue weighted by Crippen LogP contribution is -2.35. The summed E-state index contributed by atoms with van der Waals surface area (Å²) in [6, 6.07) is 4.68. The molecular formula is C11H13FN2O3. The van der Waals surface area contributed by atoms with Crippen LogP contribution in [0.3, 0.4) is 0 Å². The average Bonchev–Trinajstić information content (AvgIpc) is 2.28. The van der Waals surface area contributed by atoms with Crippen molar-refractivity contribution in [2.24, 2.45) is 10.9 Å². The molecule has 1 aliphatic rings. The predicted molar refractivity (Wildman–Crippen MR) is 58.3 cm³/mol. The molecule has 1 aromatic rings. The van der Waals surface area contributed by atoms with E-state index >= 15 is 0 Å². The van der Waals surface area contributed by atoms with Gasteiger partial charge in [0.15, 0.2) is 5.84 Å². The highest BCUT2D eigenvalue weighted by Crippen LogP contribution is 2.16. The lowest BCUT2D eigenvalue weighted by molar-refractivity contribution is -0.135. The van der Waals surface area contributed by atoms with Crippen molar-refractivity contribution >= 4 is 5.84 Å². The van der Waals surface area contributed by atoms with Gasteiger partial charge in [-0.25, -0.2) is 4.39 Å². The van der Waals surface area contributed by atoms with E-state index in [1.807, 2.05) is 0 Å². The van der Waals surface area contributed by atoms with E-state index in [0.29, 0.717) is 18.8 Å². The summed E-state index contributed by atoms with van der Waals surface area (Å²) in [5.41, 5.74) is 5.80. The molecule has 3 N–H and O–H groups in total. The number of nitrogens with two attached hydrogens (primary N) is 1. The van der Waals surface area contributed by atoms with Gasteiger partial charge in [-0.2, -0.15) is 0 Å². The highest BCUT2D eigenvalue weighted by Gasteiger charge is 2.20. The number of amidine groups is 1. The van der Waals surface area contributed by atoms with Crippen LogP contribution >= 0.6 is 0 Å². The van der Waals surface area contributed by atoms with E-state index in [1.54, 1.807) is 12.1 Å². The summed E-state index contributed by atoms with van der Waals surface area (Å²) >= 11 is 0. The Balaban J connectivity index is 2.11. The van der Waals surface area contributed by atoms with Gasteiger partial charge >= 0.3 is 0 Å². The second kappa shape index (κ2) is 5.11. The largest absolute Gasteiger partial charge is 0.409 e. The molecule has 2 rings (SSSR count). The molecule has 1 fully saturated rings. The van der Waals surface area contributed by atoms with Crippen molar-refractivity contribution in [3.63, 3.8) is 0 Å². The van der Waals surface area contributed by atoms with Crippen LogP contribution in [-0.2, 0) is 16.1 Å². The molecule has 92 valence electrons. The monoisotopic (exact) mass is 240 g/mol. The number of halogens is 1. The molecule has 0 aromatic heterocycles. The quantitative estimate of drug-likeness (QED) is 0.354. The summed E-state index contributed by atoms with van der Waals surface area (Å²) in [5.74, 6) is -0.778. The number of nitrogens with zero attached hydrogens (tertiary/aromatic N) is 1. The molecule has 0 saturated carbocycles. The average molecular weight is 240 g/mol. The van der Waals surface area contributed by atoms with E-state index in [9.17, 15) is 4.39 Å². The minimum absolute atomic E-state index is 0.0295. The van der Waals surface area contributed by atoms with Crippen LogP contribution in [0.1, 0.15) is 11.1 Å². The predicted octanol–water partition coefficient (Wildman–Crippen LogP) is 0.836. The Labute approximate surface area is 97.6 Å². The van der Waals surface area contributed by atoms with Gasteiger partial charge in [0.1, 0.15) is 11.9 Å². The molecular weight excluding hydrogens is 227 g/mol. The van der Waals surface area contributed by atoms with Crippen molar-refractivity contribution in [2.45, 2.75) is 12.7 Å². The molecule has 0 aliphatic carbocycles. The molecule has 0 spiro atoms. The molecule has 1 saturated heterocycles. The fourth-order valence-electron chi connectivity index (χ4n) is 1.46. The molecule has 17 heavy (non-hydrogen) atoms. The van der Waals surface area contributed by atoms with Gasteiger partial charge in [0.25, 0.3) is 0 Å². The summed E-state index contributed by atoms with van der Waals surface area (Å²) in [5, 5.41) is 11.3. The summed E-state index contributed by atoms with van der Waals surface area (Å²) in [6.07, 6.45) is 0.0295. The van der Waals surface area contributed by atoms with Crippen LogP contribution in [0.2, 0.25) is 0 Å². The maximum atomic E-state index is 13.9. The standard InChI is InChI=1S/C11H13FN2O3/c12-10-7(4-17-8-5-16-6-8)2-1-3-9(10)11(13)14-15/h1-3,8,15H,4-6H2,(H2,13,14).